The molecule has 2 N–H and O–H groups in total. The molecule has 0 atom stereocenters. The standard InChI is InChI=1S/C20H25NOS.C2H2O4/c1-3-7-18(22)20(11-13-21(2)14-12-20)17-10-15-23-19(17)16-8-5-4-6-9-16;3-1(4)2(5)6/h4-6,8-10,15H,3,7,11-14H2,1-2H3;(H,3,4)(H,5,6). The Labute approximate surface area is 174 Å². The van der Waals surface area contributed by atoms with Crippen molar-refractivity contribution in [2.45, 2.75) is 38.0 Å². The van der Waals surface area contributed by atoms with Crippen LogP contribution in [-0.2, 0) is 19.8 Å². The summed E-state index contributed by atoms with van der Waals surface area (Å²) in [7, 11) is 2.15. The lowest BCUT2D eigenvalue weighted by Crippen LogP contribution is -2.46. The van der Waals surface area contributed by atoms with Crippen LogP contribution in [0.25, 0.3) is 10.4 Å². The first-order chi connectivity index (χ1) is 13.8. The van der Waals surface area contributed by atoms with E-state index < -0.39 is 11.9 Å². The van der Waals surface area contributed by atoms with Gasteiger partial charge >= 0.3 is 11.9 Å². The summed E-state index contributed by atoms with van der Waals surface area (Å²) in [6.07, 6.45) is 3.51. The van der Waals surface area contributed by atoms with Crippen LogP contribution < -0.4 is 0 Å². The van der Waals surface area contributed by atoms with Crippen molar-refractivity contribution in [2.24, 2.45) is 0 Å². The first-order valence-electron chi connectivity index (χ1n) is 9.63. The molecule has 0 unspecified atom stereocenters. The van der Waals surface area contributed by atoms with E-state index in [0.29, 0.717) is 12.2 Å². The number of likely N-dealkylation sites (tertiary alicyclic amines) is 1. The molecule has 3 rings (SSSR count). The quantitative estimate of drug-likeness (QED) is 0.717. The monoisotopic (exact) mass is 417 g/mol. The molecular weight excluding hydrogens is 390 g/mol. The number of carboxylic acid groups (broad SMARTS) is 2. The van der Waals surface area contributed by atoms with Crippen molar-refractivity contribution in [2.75, 3.05) is 20.1 Å². The molecule has 0 aliphatic carbocycles. The molecule has 1 aromatic heterocycles. The van der Waals surface area contributed by atoms with Crippen LogP contribution in [0.3, 0.4) is 0 Å². The van der Waals surface area contributed by atoms with Crippen molar-refractivity contribution in [3.05, 3.63) is 47.3 Å². The van der Waals surface area contributed by atoms with Gasteiger partial charge in [-0.1, -0.05) is 37.3 Å². The molecule has 1 aliphatic rings. The van der Waals surface area contributed by atoms with E-state index >= 15 is 0 Å². The molecule has 0 amide bonds. The third-order valence-corrected chi connectivity index (χ3v) is 6.21. The molecule has 2 heterocycles. The van der Waals surface area contributed by atoms with Gasteiger partial charge in [0, 0.05) is 11.3 Å². The number of thiophene rings is 1. The van der Waals surface area contributed by atoms with Gasteiger partial charge < -0.3 is 15.1 Å². The summed E-state index contributed by atoms with van der Waals surface area (Å²) >= 11 is 1.77. The zero-order chi connectivity index (χ0) is 21.4. The summed E-state index contributed by atoms with van der Waals surface area (Å²) in [6, 6.07) is 12.7. The number of rotatable bonds is 5. The first kappa shape index (κ1) is 22.8. The molecule has 1 aromatic carbocycles. The van der Waals surface area contributed by atoms with E-state index in [1.165, 1.54) is 16.0 Å². The number of benzene rings is 1. The Morgan fingerprint density at radius 1 is 1.03 bits per heavy atom. The Morgan fingerprint density at radius 3 is 2.14 bits per heavy atom. The van der Waals surface area contributed by atoms with Gasteiger partial charge in [0.15, 0.2) is 0 Å². The van der Waals surface area contributed by atoms with E-state index in [4.69, 9.17) is 19.8 Å². The molecule has 1 fully saturated rings. The number of nitrogens with zero attached hydrogens (tertiary/aromatic N) is 1. The summed E-state index contributed by atoms with van der Waals surface area (Å²) in [5.41, 5.74) is 2.22. The number of hydrogen-bond acceptors (Lipinski definition) is 5. The highest BCUT2D eigenvalue weighted by atomic mass is 32.1. The molecular formula is C22H27NO5S. The number of carbonyl (C=O) groups is 3. The number of ketones is 1. The number of Topliss-reactive ketones (excluding diaryl/α,β-unsaturated/α-hetero) is 1. The van der Waals surface area contributed by atoms with Gasteiger partial charge in [0.25, 0.3) is 0 Å². The number of carboxylic acids is 2. The predicted octanol–water partition coefficient (Wildman–Crippen LogP) is 3.90. The van der Waals surface area contributed by atoms with Crippen LogP contribution in [0.1, 0.15) is 38.2 Å². The lowest BCUT2D eigenvalue weighted by molar-refractivity contribution is -0.159. The second kappa shape index (κ2) is 10.3. The number of aliphatic carboxylic acids is 2. The Kier molecular flexibility index (Phi) is 8.10. The fraction of sp³-hybridized carbons (Fsp3) is 0.409. The Balaban J connectivity index is 0.000000438. The van der Waals surface area contributed by atoms with Crippen molar-refractivity contribution in [1.29, 1.82) is 0 Å². The average Bonchev–Trinajstić information content (AvgIpc) is 3.20. The second-order valence-electron chi connectivity index (χ2n) is 7.20. The average molecular weight is 418 g/mol. The minimum atomic E-state index is -1.82. The normalized spacial score (nSPS) is 15.8. The molecule has 29 heavy (non-hydrogen) atoms. The van der Waals surface area contributed by atoms with Crippen LogP contribution in [0.15, 0.2) is 41.8 Å². The number of carbonyl (C=O) groups excluding carboxylic acids is 1. The third kappa shape index (κ3) is 5.52. The van der Waals surface area contributed by atoms with Gasteiger partial charge in [0.2, 0.25) is 0 Å². The lowest BCUT2D eigenvalue weighted by atomic mass is 9.68. The summed E-state index contributed by atoms with van der Waals surface area (Å²) < 4.78 is 0. The molecule has 2 aromatic rings. The Bertz CT molecular complexity index is 826. The van der Waals surface area contributed by atoms with Crippen molar-refractivity contribution in [3.8, 4) is 10.4 Å². The van der Waals surface area contributed by atoms with Gasteiger partial charge in [-0.2, -0.15) is 0 Å². The minimum Gasteiger partial charge on any atom is -0.473 e. The van der Waals surface area contributed by atoms with E-state index in [1.807, 2.05) is 6.07 Å². The van der Waals surface area contributed by atoms with Gasteiger partial charge in [-0.15, -0.1) is 11.3 Å². The summed E-state index contributed by atoms with van der Waals surface area (Å²) in [4.78, 5) is 34.9. The Morgan fingerprint density at radius 2 is 1.62 bits per heavy atom. The van der Waals surface area contributed by atoms with Crippen molar-refractivity contribution >= 4 is 29.1 Å². The van der Waals surface area contributed by atoms with Crippen LogP contribution in [0.4, 0.5) is 0 Å². The number of piperidine rings is 1. The van der Waals surface area contributed by atoms with Crippen LogP contribution in [0.5, 0.6) is 0 Å². The van der Waals surface area contributed by atoms with E-state index in [2.05, 4.69) is 54.6 Å². The highest BCUT2D eigenvalue weighted by Gasteiger charge is 2.43. The zero-order valence-electron chi connectivity index (χ0n) is 16.8. The lowest BCUT2D eigenvalue weighted by Gasteiger charge is -2.40. The van der Waals surface area contributed by atoms with Crippen molar-refractivity contribution in [3.63, 3.8) is 0 Å². The van der Waals surface area contributed by atoms with Crippen LogP contribution >= 0.6 is 11.3 Å². The predicted molar refractivity (Wildman–Crippen MR) is 113 cm³/mol. The number of hydrogen-bond donors (Lipinski definition) is 2. The molecule has 1 aliphatic heterocycles. The van der Waals surface area contributed by atoms with Gasteiger partial charge in [-0.25, -0.2) is 9.59 Å². The van der Waals surface area contributed by atoms with Crippen LogP contribution in [0.2, 0.25) is 0 Å². The topological polar surface area (TPSA) is 94.9 Å². The summed E-state index contributed by atoms with van der Waals surface area (Å²) in [5.74, 6) is -3.21. The molecule has 156 valence electrons. The molecule has 0 spiro atoms. The highest BCUT2D eigenvalue weighted by molar-refractivity contribution is 7.13. The minimum absolute atomic E-state index is 0.284. The largest absolute Gasteiger partial charge is 0.473 e. The Hall–Kier alpha value is -2.51. The van der Waals surface area contributed by atoms with Crippen LogP contribution in [-0.4, -0.2) is 53.0 Å². The maximum absolute atomic E-state index is 13.1. The van der Waals surface area contributed by atoms with Gasteiger partial charge in [-0.05, 0) is 62.0 Å². The van der Waals surface area contributed by atoms with Crippen molar-refractivity contribution < 1.29 is 24.6 Å². The maximum Gasteiger partial charge on any atom is 0.414 e. The van der Waals surface area contributed by atoms with E-state index in [9.17, 15) is 4.79 Å². The summed E-state index contributed by atoms with van der Waals surface area (Å²) in [5, 5.41) is 16.9. The van der Waals surface area contributed by atoms with Gasteiger partial charge in [-0.3, -0.25) is 4.79 Å². The second-order valence-corrected chi connectivity index (χ2v) is 8.11. The molecule has 1 saturated heterocycles. The smallest absolute Gasteiger partial charge is 0.414 e. The third-order valence-electron chi connectivity index (χ3n) is 5.25. The maximum atomic E-state index is 13.1. The zero-order valence-corrected chi connectivity index (χ0v) is 17.6. The first-order valence-corrected chi connectivity index (χ1v) is 10.5. The molecule has 0 bridgehead atoms. The molecule has 6 nitrogen and oxygen atoms in total. The molecule has 0 saturated carbocycles. The fourth-order valence-electron chi connectivity index (χ4n) is 3.66. The van der Waals surface area contributed by atoms with Gasteiger partial charge in [0.1, 0.15) is 5.78 Å². The summed E-state index contributed by atoms with van der Waals surface area (Å²) in [6.45, 7) is 4.10. The SMILES string of the molecule is CCCC(=O)C1(c2ccsc2-c2ccccc2)CCN(C)CC1.O=C(O)C(=O)O. The highest BCUT2D eigenvalue weighted by Crippen LogP contribution is 2.44. The molecule has 0 radical (unpaired) electrons. The van der Waals surface area contributed by atoms with Gasteiger partial charge in [0.05, 0.1) is 5.41 Å². The van der Waals surface area contributed by atoms with Crippen LogP contribution in [0, 0.1) is 0 Å². The van der Waals surface area contributed by atoms with E-state index in [-0.39, 0.29) is 5.41 Å². The fourth-order valence-corrected chi connectivity index (χ4v) is 4.67. The van der Waals surface area contributed by atoms with Crippen molar-refractivity contribution in [1.82, 2.24) is 4.90 Å². The molecule has 7 heteroatoms. The van der Waals surface area contributed by atoms with E-state index in [0.717, 1.165) is 32.4 Å². The van der Waals surface area contributed by atoms with E-state index in [1.54, 1.807) is 11.3 Å².